The van der Waals surface area contributed by atoms with Crippen LogP contribution in [-0.4, -0.2) is 0 Å². The van der Waals surface area contributed by atoms with Crippen LogP contribution in [0.4, 0.5) is 0 Å². The Balaban J connectivity index is 0.000000602. The van der Waals surface area contributed by atoms with Gasteiger partial charge in [0, 0.05) is 0 Å². The molecule has 0 aromatic heterocycles. The van der Waals surface area contributed by atoms with Gasteiger partial charge < -0.3 is 0 Å². The highest BCUT2D eigenvalue weighted by atomic mass is 15.0. The van der Waals surface area contributed by atoms with E-state index in [0.29, 0.717) is 0 Å². The van der Waals surface area contributed by atoms with Crippen molar-refractivity contribution in [1.82, 2.24) is 0 Å². The standard InChI is InChI=1S/C20H12.H4N2/c1-5-13-6-2-11-17-18-12-4-8-14-7-3-10-16(20(14)18)15(9-1)19(13)17;1-2/h1-12H;1-2H2. The van der Waals surface area contributed by atoms with Crippen molar-refractivity contribution < 1.29 is 0 Å². The summed E-state index contributed by atoms with van der Waals surface area (Å²) in [6, 6.07) is 26.4. The van der Waals surface area contributed by atoms with E-state index in [4.69, 9.17) is 0 Å². The largest absolute Gasteiger partial charge is 0.274 e. The van der Waals surface area contributed by atoms with Gasteiger partial charge in [0.25, 0.3) is 0 Å². The molecule has 0 atom stereocenters. The summed E-state index contributed by atoms with van der Waals surface area (Å²) in [4.78, 5) is 0. The van der Waals surface area contributed by atoms with Crippen LogP contribution in [0.2, 0.25) is 0 Å². The molecule has 0 saturated heterocycles. The van der Waals surface area contributed by atoms with Crippen molar-refractivity contribution >= 4 is 43.1 Å². The van der Waals surface area contributed by atoms with Crippen LogP contribution < -0.4 is 11.7 Å². The molecule has 5 aromatic carbocycles. The van der Waals surface area contributed by atoms with Crippen LogP contribution in [0.5, 0.6) is 0 Å². The van der Waals surface area contributed by atoms with Gasteiger partial charge in [-0.05, 0) is 43.1 Å². The van der Waals surface area contributed by atoms with Crippen LogP contribution in [0.15, 0.2) is 72.8 Å². The van der Waals surface area contributed by atoms with Crippen LogP contribution in [0, 0.1) is 0 Å². The zero-order chi connectivity index (χ0) is 15.1. The van der Waals surface area contributed by atoms with E-state index in [2.05, 4.69) is 84.5 Å². The molecule has 0 spiro atoms. The van der Waals surface area contributed by atoms with Crippen molar-refractivity contribution in [2.45, 2.75) is 0 Å². The van der Waals surface area contributed by atoms with E-state index in [1.807, 2.05) is 0 Å². The number of benzene rings is 5. The van der Waals surface area contributed by atoms with Crippen LogP contribution in [0.25, 0.3) is 43.1 Å². The molecule has 0 amide bonds. The second kappa shape index (κ2) is 4.95. The van der Waals surface area contributed by atoms with E-state index in [1.165, 1.54) is 43.1 Å². The van der Waals surface area contributed by atoms with Gasteiger partial charge in [-0.2, -0.15) is 0 Å². The predicted molar refractivity (Wildman–Crippen MR) is 96.0 cm³/mol. The van der Waals surface area contributed by atoms with E-state index in [9.17, 15) is 0 Å². The molecule has 0 aliphatic heterocycles. The van der Waals surface area contributed by atoms with Crippen LogP contribution in [0.1, 0.15) is 0 Å². The molecule has 0 radical (unpaired) electrons. The molecular formula is C20H16N2. The fourth-order valence-electron chi connectivity index (χ4n) is 3.58. The van der Waals surface area contributed by atoms with Gasteiger partial charge in [-0.25, -0.2) is 0 Å². The molecular weight excluding hydrogens is 268 g/mol. The number of hydrazine groups is 1. The number of nitrogens with two attached hydrogens (primary N) is 2. The van der Waals surface area contributed by atoms with E-state index in [0.717, 1.165) is 0 Å². The Kier molecular flexibility index (Phi) is 2.93. The lowest BCUT2D eigenvalue weighted by Crippen LogP contribution is -2.02. The maximum absolute atomic E-state index is 4.00. The molecule has 0 saturated carbocycles. The van der Waals surface area contributed by atoms with Crippen LogP contribution in [0.3, 0.4) is 0 Å². The summed E-state index contributed by atoms with van der Waals surface area (Å²) < 4.78 is 0. The zero-order valence-electron chi connectivity index (χ0n) is 12.1. The molecule has 0 heterocycles. The molecule has 0 aliphatic carbocycles. The number of hydrogen-bond acceptors (Lipinski definition) is 2. The van der Waals surface area contributed by atoms with E-state index < -0.39 is 0 Å². The Hall–Kier alpha value is -2.68. The van der Waals surface area contributed by atoms with Gasteiger partial charge in [0.15, 0.2) is 0 Å². The Morgan fingerprint density at radius 1 is 0.409 bits per heavy atom. The summed E-state index contributed by atoms with van der Waals surface area (Å²) in [7, 11) is 0. The van der Waals surface area contributed by atoms with Crippen molar-refractivity contribution in [2.24, 2.45) is 11.7 Å². The Labute approximate surface area is 128 Å². The third-order valence-corrected chi connectivity index (χ3v) is 4.39. The summed E-state index contributed by atoms with van der Waals surface area (Å²) >= 11 is 0. The Morgan fingerprint density at radius 3 is 0.955 bits per heavy atom. The van der Waals surface area contributed by atoms with Crippen molar-refractivity contribution in [1.29, 1.82) is 0 Å². The minimum absolute atomic E-state index is 1.33. The molecule has 0 bridgehead atoms. The van der Waals surface area contributed by atoms with Crippen LogP contribution >= 0.6 is 0 Å². The van der Waals surface area contributed by atoms with Crippen molar-refractivity contribution in [3.05, 3.63) is 72.8 Å². The topological polar surface area (TPSA) is 52.0 Å². The summed E-state index contributed by atoms with van der Waals surface area (Å²) in [6.07, 6.45) is 0. The average Bonchev–Trinajstić information content (AvgIpc) is 2.61. The molecule has 2 nitrogen and oxygen atoms in total. The molecule has 0 fully saturated rings. The first kappa shape index (κ1) is 13.0. The van der Waals surface area contributed by atoms with Crippen molar-refractivity contribution in [3.63, 3.8) is 0 Å². The van der Waals surface area contributed by atoms with E-state index >= 15 is 0 Å². The lowest BCUT2D eigenvalue weighted by Gasteiger charge is -2.13. The third-order valence-electron chi connectivity index (χ3n) is 4.39. The summed E-state index contributed by atoms with van der Waals surface area (Å²) in [5, 5.41) is 10.9. The lowest BCUT2D eigenvalue weighted by atomic mass is 9.90. The van der Waals surface area contributed by atoms with Gasteiger partial charge in [0.1, 0.15) is 0 Å². The molecule has 22 heavy (non-hydrogen) atoms. The first-order valence-corrected chi connectivity index (χ1v) is 7.31. The van der Waals surface area contributed by atoms with Crippen LogP contribution in [-0.2, 0) is 0 Å². The first-order valence-electron chi connectivity index (χ1n) is 7.31. The average molecular weight is 284 g/mol. The maximum atomic E-state index is 4.00. The molecule has 5 aromatic rings. The molecule has 0 unspecified atom stereocenters. The highest BCUT2D eigenvalue weighted by Crippen LogP contribution is 2.39. The fourth-order valence-corrected chi connectivity index (χ4v) is 3.58. The maximum Gasteiger partial charge on any atom is -0.00264 e. The highest BCUT2D eigenvalue weighted by molar-refractivity contribution is 6.32. The molecule has 106 valence electrons. The number of rotatable bonds is 0. The van der Waals surface area contributed by atoms with Crippen molar-refractivity contribution in [3.8, 4) is 0 Å². The second-order valence-corrected chi connectivity index (χ2v) is 5.42. The Bertz CT molecular complexity index is 927. The third kappa shape index (κ3) is 1.62. The minimum atomic E-state index is 1.33. The molecule has 0 aliphatic rings. The first-order chi connectivity index (χ1) is 10.9. The highest BCUT2D eigenvalue weighted by Gasteiger charge is 2.11. The quantitative estimate of drug-likeness (QED) is 0.190. The number of fused-ring (bicyclic) bond motifs is 2. The molecule has 4 N–H and O–H groups in total. The lowest BCUT2D eigenvalue weighted by molar-refractivity contribution is 1.26. The zero-order valence-corrected chi connectivity index (χ0v) is 12.1. The van der Waals surface area contributed by atoms with Gasteiger partial charge >= 0.3 is 0 Å². The minimum Gasteiger partial charge on any atom is -0.274 e. The molecule has 2 heteroatoms. The van der Waals surface area contributed by atoms with Gasteiger partial charge in [-0.1, -0.05) is 72.8 Å². The van der Waals surface area contributed by atoms with E-state index in [1.54, 1.807) is 0 Å². The van der Waals surface area contributed by atoms with E-state index in [-0.39, 0.29) is 0 Å². The normalized spacial score (nSPS) is 11.2. The van der Waals surface area contributed by atoms with Gasteiger partial charge in [0.05, 0.1) is 0 Å². The number of hydrogen-bond donors (Lipinski definition) is 2. The SMILES string of the molecule is NN.c1cc2cccc3c4cccc5cccc(c(c1)c23)c54. The second-order valence-electron chi connectivity index (χ2n) is 5.42. The summed E-state index contributed by atoms with van der Waals surface area (Å²) in [5.74, 6) is 8.00. The monoisotopic (exact) mass is 284 g/mol. The summed E-state index contributed by atoms with van der Waals surface area (Å²) in [6.45, 7) is 0. The van der Waals surface area contributed by atoms with Gasteiger partial charge in [-0.15, -0.1) is 0 Å². The predicted octanol–water partition coefficient (Wildman–Crippen LogP) is 4.56. The Morgan fingerprint density at radius 2 is 0.682 bits per heavy atom. The fraction of sp³-hybridized carbons (Fsp3) is 0. The smallest absolute Gasteiger partial charge is 0.00264 e. The van der Waals surface area contributed by atoms with Crippen molar-refractivity contribution in [2.75, 3.05) is 0 Å². The van der Waals surface area contributed by atoms with Gasteiger partial charge in [-0.3, -0.25) is 11.7 Å². The molecule has 5 rings (SSSR count). The van der Waals surface area contributed by atoms with Gasteiger partial charge in [0.2, 0.25) is 0 Å². The summed E-state index contributed by atoms with van der Waals surface area (Å²) in [5.41, 5.74) is 0.